The van der Waals surface area contributed by atoms with E-state index in [0.717, 1.165) is 12.1 Å². The quantitative estimate of drug-likeness (QED) is 0.750. The van der Waals surface area contributed by atoms with Crippen LogP contribution >= 0.6 is 31.9 Å². The average Bonchev–Trinajstić information content (AvgIpc) is 2.33. The van der Waals surface area contributed by atoms with Crippen molar-refractivity contribution < 1.29 is 13.2 Å². The van der Waals surface area contributed by atoms with Gasteiger partial charge in [0.05, 0.1) is 10.2 Å². The van der Waals surface area contributed by atoms with Crippen LogP contribution in [-0.4, -0.2) is 0 Å². The SMILES string of the molecule is Fc1cc(F)c(NCc2cccc(F)c2Br)c(Br)c1. The molecule has 0 aliphatic rings. The minimum absolute atomic E-state index is 0.137. The molecule has 0 saturated carbocycles. The Morgan fingerprint density at radius 2 is 1.74 bits per heavy atom. The molecule has 0 atom stereocenters. The Labute approximate surface area is 125 Å². The van der Waals surface area contributed by atoms with E-state index < -0.39 is 17.5 Å². The van der Waals surface area contributed by atoms with Crippen LogP contribution in [0.15, 0.2) is 39.3 Å². The second kappa shape index (κ2) is 5.96. The molecule has 0 aromatic heterocycles. The number of hydrogen-bond acceptors (Lipinski definition) is 1. The zero-order chi connectivity index (χ0) is 14.0. The number of benzene rings is 2. The maximum atomic E-state index is 13.6. The van der Waals surface area contributed by atoms with Gasteiger partial charge in [-0.2, -0.15) is 0 Å². The lowest BCUT2D eigenvalue weighted by Crippen LogP contribution is -2.04. The molecule has 0 amide bonds. The van der Waals surface area contributed by atoms with Crippen LogP contribution in [0.25, 0.3) is 0 Å². The summed E-state index contributed by atoms with van der Waals surface area (Å²) in [7, 11) is 0. The van der Waals surface area contributed by atoms with Gasteiger partial charge in [0.15, 0.2) is 0 Å². The third-order valence-corrected chi connectivity index (χ3v) is 4.01. The summed E-state index contributed by atoms with van der Waals surface area (Å²) in [5.41, 5.74) is 0.771. The van der Waals surface area contributed by atoms with Gasteiger partial charge in [0, 0.05) is 17.1 Å². The molecule has 2 aromatic rings. The van der Waals surface area contributed by atoms with Crippen molar-refractivity contribution in [3.63, 3.8) is 0 Å². The molecule has 2 rings (SSSR count). The Kier molecular flexibility index (Phi) is 4.52. The second-order valence-corrected chi connectivity index (χ2v) is 5.46. The highest BCUT2D eigenvalue weighted by molar-refractivity contribution is 9.11. The van der Waals surface area contributed by atoms with E-state index >= 15 is 0 Å². The molecule has 0 spiro atoms. The van der Waals surface area contributed by atoms with Crippen LogP contribution in [0.4, 0.5) is 18.9 Å². The van der Waals surface area contributed by atoms with Gasteiger partial charge in [0.25, 0.3) is 0 Å². The van der Waals surface area contributed by atoms with E-state index in [1.165, 1.54) is 6.07 Å². The highest BCUT2D eigenvalue weighted by Crippen LogP contribution is 2.28. The lowest BCUT2D eigenvalue weighted by atomic mass is 10.2. The summed E-state index contributed by atoms with van der Waals surface area (Å²) >= 11 is 6.20. The molecule has 0 unspecified atom stereocenters. The third kappa shape index (κ3) is 3.30. The van der Waals surface area contributed by atoms with E-state index in [0.29, 0.717) is 10.0 Å². The van der Waals surface area contributed by atoms with Crippen LogP contribution in [0, 0.1) is 17.5 Å². The molecule has 0 bridgehead atoms. The first-order chi connectivity index (χ1) is 8.99. The van der Waals surface area contributed by atoms with E-state index in [9.17, 15) is 13.2 Å². The van der Waals surface area contributed by atoms with Crippen LogP contribution in [0.5, 0.6) is 0 Å². The Hall–Kier alpha value is -1.01. The fourth-order valence-corrected chi connectivity index (χ4v) is 2.53. The van der Waals surface area contributed by atoms with Crippen LogP contribution in [-0.2, 0) is 6.54 Å². The monoisotopic (exact) mass is 393 g/mol. The Balaban J connectivity index is 2.22. The molecule has 6 heteroatoms. The molecule has 2 aromatic carbocycles. The van der Waals surface area contributed by atoms with Crippen LogP contribution in [0.3, 0.4) is 0 Å². The maximum absolute atomic E-state index is 13.6. The van der Waals surface area contributed by atoms with Crippen molar-refractivity contribution in [2.24, 2.45) is 0 Å². The predicted octanol–water partition coefficient (Wildman–Crippen LogP) is 5.24. The van der Waals surface area contributed by atoms with Crippen LogP contribution in [0.2, 0.25) is 0 Å². The van der Waals surface area contributed by atoms with E-state index in [2.05, 4.69) is 37.2 Å². The molecular weight excluding hydrogens is 387 g/mol. The van der Waals surface area contributed by atoms with Gasteiger partial charge in [-0.15, -0.1) is 0 Å². The summed E-state index contributed by atoms with van der Waals surface area (Å²) in [6.45, 7) is 0.208. The first-order valence-corrected chi connectivity index (χ1v) is 6.89. The molecule has 0 aliphatic heterocycles. The third-order valence-electron chi connectivity index (χ3n) is 2.49. The second-order valence-electron chi connectivity index (χ2n) is 3.81. The van der Waals surface area contributed by atoms with E-state index in [1.807, 2.05) is 0 Å². The van der Waals surface area contributed by atoms with Crippen molar-refractivity contribution in [3.8, 4) is 0 Å². The van der Waals surface area contributed by atoms with E-state index in [4.69, 9.17) is 0 Å². The topological polar surface area (TPSA) is 12.0 Å². The predicted molar refractivity (Wildman–Crippen MR) is 75.5 cm³/mol. The number of rotatable bonds is 3. The van der Waals surface area contributed by atoms with Gasteiger partial charge in [-0.3, -0.25) is 0 Å². The summed E-state index contributed by atoms with van der Waals surface area (Å²) < 4.78 is 40.4. The minimum atomic E-state index is -0.709. The Bertz CT molecular complexity index is 594. The summed E-state index contributed by atoms with van der Waals surface area (Å²) in [6.07, 6.45) is 0. The van der Waals surface area contributed by atoms with Crippen molar-refractivity contribution in [2.45, 2.75) is 6.54 Å². The highest BCUT2D eigenvalue weighted by atomic mass is 79.9. The lowest BCUT2D eigenvalue weighted by Gasteiger charge is -2.11. The van der Waals surface area contributed by atoms with Crippen molar-refractivity contribution in [2.75, 3.05) is 5.32 Å². The highest BCUT2D eigenvalue weighted by Gasteiger charge is 2.11. The van der Waals surface area contributed by atoms with Crippen molar-refractivity contribution >= 4 is 37.5 Å². The van der Waals surface area contributed by atoms with E-state index in [1.54, 1.807) is 12.1 Å². The van der Waals surface area contributed by atoms with Gasteiger partial charge in [-0.1, -0.05) is 12.1 Å². The number of anilines is 1. The molecular formula is C13H8Br2F3N. The largest absolute Gasteiger partial charge is 0.378 e. The van der Waals surface area contributed by atoms with Crippen LogP contribution in [0.1, 0.15) is 5.56 Å². The van der Waals surface area contributed by atoms with Gasteiger partial charge in [-0.05, 0) is 49.6 Å². The molecule has 19 heavy (non-hydrogen) atoms. The average molecular weight is 395 g/mol. The fourth-order valence-electron chi connectivity index (χ4n) is 1.58. The molecule has 0 aliphatic carbocycles. The zero-order valence-corrected chi connectivity index (χ0v) is 12.7. The van der Waals surface area contributed by atoms with E-state index in [-0.39, 0.29) is 16.7 Å². The van der Waals surface area contributed by atoms with Crippen molar-refractivity contribution in [1.82, 2.24) is 0 Å². The summed E-state index contributed by atoms with van der Waals surface area (Å²) in [4.78, 5) is 0. The minimum Gasteiger partial charge on any atom is -0.378 e. The summed E-state index contributed by atoms with van der Waals surface area (Å²) in [5, 5.41) is 2.81. The smallest absolute Gasteiger partial charge is 0.150 e. The van der Waals surface area contributed by atoms with Gasteiger partial charge < -0.3 is 5.32 Å². The fraction of sp³-hybridized carbons (Fsp3) is 0.0769. The van der Waals surface area contributed by atoms with Crippen molar-refractivity contribution in [3.05, 3.63) is 62.3 Å². The summed E-state index contributed by atoms with van der Waals surface area (Å²) in [6, 6.07) is 6.53. The van der Waals surface area contributed by atoms with Crippen LogP contribution < -0.4 is 5.32 Å². The van der Waals surface area contributed by atoms with Gasteiger partial charge in [0.1, 0.15) is 17.5 Å². The molecule has 100 valence electrons. The Morgan fingerprint density at radius 3 is 2.42 bits per heavy atom. The molecule has 1 nitrogen and oxygen atoms in total. The summed E-state index contributed by atoms with van der Waals surface area (Å²) in [5.74, 6) is -1.76. The molecule has 1 N–H and O–H groups in total. The maximum Gasteiger partial charge on any atom is 0.150 e. The van der Waals surface area contributed by atoms with Gasteiger partial charge in [-0.25, -0.2) is 13.2 Å². The number of nitrogens with one attached hydrogen (secondary N) is 1. The standard InChI is InChI=1S/C13H8Br2F3N/c14-9-4-8(16)5-11(18)13(9)19-6-7-2-1-3-10(17)12(7)15/h1-5,19H,6H2. The van der Waals surface area contributed by atoms with Gasteiger partial charge >= 0.3 is 0 Å². The lowest BCUT2D eigenvalue weighted by molar-refractivity contribution is 0.583. The van der Waals surface area contributed by atoms with Gasteiger partial charge in [0.2, 0.25) is 0 Å². The first kappa shape index (κ1) is 14.4. The number of halogens is 5. The molecule has 0 radical (unpaired) electrons. The first-order valence-electron chi connectivity index (χ1n) is 5.30. The normalized spacial score (nSPS) is 10.6. The zero-order valence-electron chi connectivity index (χ0n) is 9.48. The number of hydrogen-bond donors (Lipinski definition) is 1. The molecule has 0 saturated heterocycles. The van der Waals surface area contributed by atoms with Crippen molar-refractivity contribution in [1.29, 1.82) is 0 Å². The Morgan fingerprint density at radius 1 is 1.00 bits per heavy atom. The molecule has 0 fully saturated rings. The molecule has 0 heterocycles.